The number of phenolic OH excluding ortho intramolecular Hbond substituents is 1. The standard InChI is InChI=1S/C18H23BrN2O2/c1-3-6-18-10-20-8-17(2,16(18)23)9-21(11-18)15(20)13-7-12(19)4-5-14(13)22/h4-5,7,15,22H,3,6,8-11H2,1-2H3. The van der Waals surface area contributed by atoms with E-state index in [9.17, 15) is 9.90 Å². The van der Waals surface area contributed by atoms with Gasteiger partial charge in [-0.25, -0.2) is 0 Å². The number of hydrogen-bond acceptors (Lipinski definition) is 4. The molecule has 23 heavy (non-hydrogen) atoms. The van der Waals surface area contributed by atoms with Crippen molar-refractivity contribution in [3.05, 3.63) is 28.2 Å². The van der Waals surface area contributed by atoms with Crippen molar-refractivity contribution >= 4 is 21.7 Å². The van der Waals surface area contributed by atoms with Crippen LogP contribution in [0.25, 0.3) is 0 Å². The molecule has 4 heterocycles. The number of benzene rings is 1. The molecule has 0 radical (unpaired) electrons. The van der Waals surface area contributed by atoms with Crippen LogP contribution < -0.4 is 0 Å². The molecule has 124 valence electrons. The second kappa shape index (κ2) is 5.04. The van der Waals surface area contributed by atoms with E-state index in [1.54, 1.807) is 6.07 Å². The van der Waals surface area contributed by atoms with Crippen molar-refractivity contribution in [1.29, 1.82) is 0 Å². The molecule has 0 aromatic heterocycles. The topological polar surface area (TPSA) is 43.8 Å². The van der Waals surface area contributed by atoms with Crippen molar-refractivity contribution in [3.8, 4) is 5.75 Å². The first-order valence-electron chi connectivity index (χ1n) is 8.40. The third-order valence-corrected chi connectivity index (χ3v) is 6.33. The highest BCUT2D eigenvalue weighted by Crippen LogP contribution is 2.54. The summed E-state index contributed by atoms with van der Waals surface area (Å²) in [6.07, 6.45) is 2.08. The number of aromatic hydroxyl groups is 1. The minimum atomic E-state index is -0.260. The van der Waals surface area contributed by atoms with Crippen molar-refractivity contribution in [2.45, 2.75) is 32.9 Å². The second-order valence-corrected chi connectivity index (χ2v) is 8.72. The Balaban J connectivity index is 1.76. The van der Waals surface area contributed by atoms with Crippen LogP contribution in [0.4, 0.5) is 0 Å². The fourth-order valence-electron chi connectivity index (χ4n) is 5.27. The summed E-state index contributed by atoms with van der Waals surface area (Å²) in [5, 5.41) is 10.4. The lowest BCUT2D eigenvalue weighted by molar-refractivity contribution is -0.201. The van der Waals surface area contributed by atoms with Crippen molar-refractivity contribution in [2.24, 2.45) is 10.8 Å². The Hall–Kier alpha value is -0.910. The molecule has 5 heteroatoms. The van der Waals surface area contributed by atoms with Crippen LogP contribution >= 0.6 is 15.9 Å². The van der Waals surface area contributed by atoms with Crippen LogP contribution in [-0.4, -0.2) is 46.9 Å². The third-order valence-electron chi connectivity index (χ3n) is 5.83. The maximum atomic E-state index is 13.1. The molecule has 4 fully saturated rings. The molecule has 4 saturated heterocycles. The predicted molar refractivity (Wildman–Crippen MR) is 92.1 cm³/mol. The van der Waals surface area contributed by atoms with Crippen molar-refractivity contribution < 1.29 is 9.90 Å². The number of hydrogen-bond donors (Lipinski definition) is 1. The van der Waals surface area contributed by atoms with Gasteiger partial charge in [-0.15, -0.1) is 0 Å². The quantitative estimate of drug-likeness (QED) is 0.876. The maximum Gasteiger partial charge on any atom is 0.150 e. The molecule has 0 spiro atoms. The molecular weight excluding hydrogens is 356 g/mol. The number of carbonyl (C=O) groups is 1. The van der Waals surface area contributed by atoms with Crippen molar-refractivity contribution in [3.63, 3.8) is 0 Å². The normalized spacial score (nSPS) is 41.5. The fourth-order valence-corrected chi connectivity index (χ4v) is 5.64. The first-order chi connectivity index (χ1) is 10.9. The predicted octanol–water partition coefficient (Wildman–Crippen LogP) is 3.16. The summed E-state index contributed by atoms with van der Waals surface area (Å²) < 4.78 is 0.979. The molecular formula is C18H23BrN2O2. The summed E-state index contributed by atoms with van der Waals surface area (Å²) >= 11 is 3.52. The van der Waals surface area contributed by atoms with E-state index in [0.29, 0.717) is 11.5 Å². The smallest absolute Gasteiger partial charge is 0.150 e. The molecule has 1 N–H and O–H groups in total. The van der Waals surface area contributed by atoms with Gasteiger partial charge < -0.3 is 5.11 Å². The van der Waals surface area contributed by atoms with Gasteiger partial charge >= 0.3 is 0 Å². The van der Waals surface area contributed by atoms with Crippen LogP contribution in [0.5, 0.6) is 5.75 Å². The zero-order valence-electron chi connectivity index (χ0n) is 13.7. The number of nitrogens with zero attached hydrogens (tertiary/aromatic N) is 2. The van der Waals surface area contributed by atoms with Gasteiger partial charge in [0.25, 0.3) is 0 Å². The molecule has 1 aromatic rings. The molecule has 2 unspecified atom stereocenters. The van der Waals surface area contributed by atoms with E-state index < -0.39 is 0 Å². The lowest BCUT2D eigenvalue weighted by Gasteiger charge is -2.65. The van der Waals surface area contributed by atoms with E-state index in [1.165, 1.54) is 0 Å². The minimum absolute atomic E-state index is 0.0821. The van der Waals surface area contributed by atoms with Crippen LogP contribution in [0.2, 0.25) is 0 Å². The summed E-state index contributed by atoms with van der Waals surface area (Å²) in [7, 11) is 0. The van der Waals surface area contributed by atoms with Crippen LogP contribution in [-0.2, 0) is 4.79 Å². The molecule has 0 saturated carbocycles. The number of halogens is 1. The number of ketones is 1. The van der Waals surface area contributed by atoms with E-state index in [2.05, 4.69) is 39.6 Å². The van der Waals surface area contributed by atoms with Crippen LogP contribution in [0.3, 0.4) is 0 Å². The van der Waals surface area contributed by atoms with Gasteiger partial charge in [0.05, 0.1) is 17.0 Å². The number of Topliss-reactive ketones (excluding diaryl/α,β-unsaturated/α-hetero) is 1. The molecule has 4 aliphatic heterocycles. The number of piperidine rings is 2. The molecule has 2 atom stereocenters. The molecule has 4 nitrogen and oxygen atoms in total. The number of carbonyl (C=O) groups excluding carboxylic acids is 1. The van der Waals surface area contributed by atoms with Gasteiger partial charge in [-0.05, 0) is 24.6 Å². The highest BCUT2D eigenvalue weighted by atomic mass is 79.9. The first kappa shape index (κ1) is 15.6. The molecule has 4 aliphatic rings. The Morgan fingerprint density at radius 1 is 1.26 bits per heavy atom. The lowest BCUT2D eigenvalue weighted by atomic mass is 9.59. The zero-order chi connectivity index (χ0) is 16.4. The van der Waals surface area contributed by atoms with Crippen LogP contribution in [0.15, 0.2) is 22.7 Å². The van der Waals surface area contributed by atoms with Gasteiger partial charge in [-0.3, -0.25) is 14.6 Å². The van der Waals surface area contributed by atoms with Gasteiger partial charge in [0, 0.05) is 36.2 Å². The lowest BCUT2D eigenvalue weighted by Crippen LogP contribution is -2.76. The monoisotopic (exact) mass is 378 g/mol. The van der Waals surface area contributed by atoms with E-state index >= 15 is 0 Å². The van der Waals surface area contributed by atoms with E-state index in [1.807, 2.05) is 12.1 Å². The summed E-state index contributed by atoms with van der Waals surface area (Å²) in [5.74, 6) is 0.808. The van der Waals surface area contributed by atoms with Gasteiger partial charge in [0.2, 0.25) is 0 Å². The SMILES string of the molecule is CCCC12CN3CC(C)(CN(C1)C3c1cc(Br)ccc1O)C2=O. The van der Waals surface area contributed by atoms with Gasteiger partial charge in [0.1, 0.15) is 11.5 Å². The third kappa shape index (κ3) is 2.13. The number of phenols is 1. The molecule has 0 amide bonds. The molecule has 1 aromatic carbocycles. The molecule has 5 rings (SSSR count). The zero-order valence-corrected chi connectivity index (χ0v) is 15.3. The van der Waals surface area contributed by atoms with E-state index in [-0.39, 0.29) is 17.0 Å². The van der Waals surface area contributed by atoms with Crippen LogP contribution in [0, 0.1) is 10.8 Å². The van der Waals surface area contributed by atoms with Gasteiger partial charge in [-0.2, -0.15) is 0 Å². The number of rotatable bonds is 3. The highest BCUT2D eigenvalue weighted by molar-refractivity contribution is 9.10. The van der Waals surface area contributed by atoms with Gasteiger partial charge in [0.15, 0.2) is 0 Å². The molecule has 0 aliphatic carbocycles. The molecule has 4 bridgehead atoms. The Kier molecular flexibility index (Phi) is 3.42. The second-order valence-electron chi connectivity index (χ2n) is 7.81. The van der Waals surface area contributed by atoms with Crippen molar-refractivity contribution in [2.75, 3.05) is 26.2 Å². The van der Waals surface area contributed by atoms with E-state index in [4.69, 9.17) is 0 Å². The van der Waals surface area contributed by atoms with Crippen LogP contribution in [0.1, 0.15) is 38.4 Å². The average Bonchev–Trinajstić information content (AvgIpc) is 2.47. The summed E-state index contributed by atoms with van der Waals surface area (Å²) in [6.45, 7) is 7.52. The highest BCUT2D eigenvalue weighted by Gasteiger charge is 2.63. The van der Waals surface area contributed by atoms with Gasteiger partial charge in [-0.1, -0.05) is 36.2 Å². The Morgan fingerprint density at radius 2 is 1.91 bits per heavy atom. The minimum Gasteiger partial charge on any atom is -0.508 e. The van der Waals surface area contributed by atoms with E-state index in [0.717, 1.165) is 49.1 Å². The Labute approximate surface area is 145 Å². The summed E-state index contributed by atoms with van der Waals surface area (Å²) in [4.78, 5) is 17.9. The largest absolute Gasteiger partial charge is 0.508 e. The first-order valence-corrected chi connectivity index (χ1v) is 9.19. The summed E-state index contributed by atoms with van der Waals surface area (Å²) in [5.41, 5.74) is 0.475. The maximum absolute atomic E-state index is 13.1. The summed E-state index contributed by atoms with van der Waals surface area (Å²) in [6, 6.07) is 5.63. The Morgan fingerprint density at radius 3 is 2.52 bits per heavy atom. The fraction of sp³-hybridized carbons (Fsp3) is 0.611. The van der Waals surface area contributed by atoms with Crippen molar-refractivity contribution in [1.82, 2.24) is 9.80 Å². The Bertz CT molecular complexity index is 659. The average molecular weight is 379 g/mol.